The first-order valence-corrected chi connectivity index (χ1v) is 3.43. The number of hydrogen-bond donors (Lipinski definition) is 1. The number of nitrogens with one attached hydrogen (secondary N) is 1. The molecule has 0 saturated heterocycles. The van der Waals surface area contributed by atoms with Crippen LogP contribution in [0.1, 0.15) is 5.56 Å². The molecule has 13 heavy (non-hydrogen) atoms. The molecule has 0 radical (unpaired) electrons. The van der Waals surface area contributed by atoms with Crippen molar-refractivity contribution in [3.8, 4) is 0 Å². The lowest BCUT2D eigenvalue weighted by Crippen LogP contribution is -2.06. The van der Waals surface area contributed by atoms with Crippen molar-refractivity contribution in [1.82, 2.24) is 5.32 Å². The summed E-state index contributed by atoms with van der Waals surface area (Å²) < 4.78 is 37.4. The second-order valence-electron chi connectivity index (χ2n) is 2.40. The summed E-state index contributed by atoms with van der Waals surface area (Å²) in [4.78, 5) is 0. The van der Waals surface area contributed by atoms with Crippen LogP contribution in [-0.2, 0) is 6.54 Å². The van der Waals surface area contributed by atoms with E-state index >= 15 is 0 Å². The Bertz CT molecular complexity index is 268. The lowest BCUT2D eigenvalue weighted by Gasteiger charge is -2.01. The topological polar surface area (TPSA) is 12.0 Å². The summed E-state index contributed by atoms with van der Waals surface area (Å²) in [5.74, 6) is -3.73. The largest absolute Gasteiger partial charge is 0.316 e. The Morgan fingerprint density at radius 2 is 1.62 bits per heavy atom. The van der Waals surface area contributed by atoms with E-state index in [0.717, 1.165) is 12.1 Å². The van der Waals surface area contributed by atoms with E-state index in [9.17, 15) is 13.2 Å². The van der Waals surface area contributed by atoms with Gasteiger partial charge in [-0.3, -0.25) is 0 Å². The number of rotatable bonds is 2. The summed E-state index contributed by atoms with van der Waals surface area (Å²) in [6.45, 7) is 0.314. The molecule has 1 N–H and O–H groups in total. The van der Waals surface area contributed by atoms with Crippen molar-refractivity contribution < 1.29 is 13.2 Å². The Morgan fingerprint density at radius 3 is 2.00 bits per heavy atom. The highest BCUT2D eigenvalue weighted by Crippen LogP contribution is 2.12. The fraction of sp³-hybridized carbons (Fsp3) is 0.250. The molecule has 0 atom stereocenters. The minimum atomic E-state index is -1.42. The molecule has 0 heterocycles. The lowest BCUT2D eigenvalue weighted by molar-refractivity contribution is 0.444. The van der Waals surface area contributed by atoms with Crippen LogP contribution in [0, 0.1) is 17.5 Å². The maximum Gasteiger partial charge on any atom is 0.194 e. The van der Waals surface area contributed by atoms with Gasteiger partial charge in [-0.05, 0) is 24.7 Å². The molecular weight excluding hydrogens is 203 g/mol. The molecule has 0 spiro atoms. The van der Waals surface area contributed by atoms with E-state index in [4.69, 9.17) is 0 Å². The van der Waals surface area contributed by atoms with E-state index < -0.39 is 17.5 Å². The fourth-order valence-corrected chi connectivity index (χ4v) is 0.914. The van der Waals surface area contributed by atoms with Gasteiger partial charge in [0, 0.05) is 6.54 Å². The average Bonchev–Trinajstić information content (AvgIpc) is 2.01. The minimum Gasteiger partial charge on any atom is -0.316 e. The summed E-state index contributed by atoms with van der Waals surface area (Å²) >= 11 is 0. The van der Waals surface area contributed by atoms with Gasteiger partial charge in [0.15, 0.2) is 17.5 Å². The molecule has 0 unspecified atom stereocenters. The summed E-state index contributed by atoms with van der Waals surface area (Å²) in [5.41, 5.74) is 0.383. The van der Waals surface area contributed by atoms with E-state index in [2.05, 4.69) is 5.32 Å². The molecule has 1 aromatic rings. The van der Waals surface area contributed by atoms with Crippen molar-refractivity contribution in [2.45, 2.75) is 6.54 Å². The summed E-state index contributed by atoms with van der Waals surface area (Å²) in [5, 5.41) is 2.70. The quantitative estimate of drug-likeness (QED) is 0.740. The normalized spacial score (nSPS) is 9.54. The first-order chi connectivity index (χ1) is 5.65. The molecule has 1 nitrogen and oxygen atoms in total. The number of hydrogen-bond acceptors (Lipinski definition) is 1. The van der Waals surface area contributed by atoms with Crippen LogP contribution in [0.15, 0.2) is 12.1 Å². The van der Waals surface area contributed by atoms with Crippen molar-refractivity contribution in [2.75, 3.05) is 7.05 Å². The minimum absolute atomic E-state index is 0. The van der Waals surface area contributed by atoms with E-state index in [0.29, 0.717) is 12.1 Å². The Balaban J connectivity index is 0.00000144. The maximum absolute atomic E-state index is 12.5. The Hall–Kier alpha value is -0.740. The van der Waals surface area contributed by atoms with Crippen LogP contribution in [0.2, 0.25) is 0 Å². The zero-order chi connectivity index (χ0) is 9.14. The van der Waals surface area contributed by atoms with Gasteiger partial charge in [0.1, 0.15) is 0 Å². The van der Waals surface area contributed by atoms with Crippen LogP contribution in [0.5, 0.6) is 0 Å². The molecule has 0 aliphatic rings. The Morgan fingerprint density at radius 1 is 1.15 bits per heavy atom. The first kappa shape index (κ1) is 12.3. The molecule has 0 aromatic heterocycles. The molecule has 1 rings (SSSR count). The van der Waals surface area contributed by atoms with Crippen LogP contribution >= 0.6 is 12.4 Å². The number of halogens is 4. The Labute approximate surface area is 80.4 Å². The molecule has 0 bridgehead atoms. The molecule has 1 aromatic carbocycles. The molecule has 0 aliphatic heterocycles. The van der Waals surface area contributed by atoms with Crippen LogP contribution in [0.4, 0.5) is 13.2 Å². The highest BCUT2D eigenvalue weighted by Gasteiger charge is 2.09. The van der Waals surface area contributed by atoms with E-state index in [1.165, 1.54) is 0 Å². The zero-order valence-corrected chi connectivity index (χ0v) is 7.72. The van der Waals surface area contributed by atoms with Crippen molar-refractivity contribution >= 4 is 12.4 Å². The van der Waals surface area contributed by atoms with Crippen molar-refractivity contribution in [3.05, 3.63) is 35.1 Å². The van der Waals surface area contributed by atoms with E-state index in [-0.39, 0.29) is 12.4 Å². The van der Waals surface area contributed by atoms with Crippen LogP contribution in [-0.4, -0.2) is 7.05 Å². The standard InChI is InChI=1S/C8H8F3N.ClH/c1-12-4-5-2-6(9)8(11)7(10)3-5;/h2-3,12H,4H2,1H3;1H. The number of benzene rings is 1. The first-order valence-electron chi connectivity index (χ1n) is 3.43. The summed E-state index contributed by atoms with van der Waals surface area (Å²) in [6.07, 6.45) is 0. The second-order valence-corrected chi connectivity index (χ2v) is 2.40. The van der Waals surface area contributed by atoms with Crippen LogP contribution in [0.3, 0.4) is 0 Å². The summed E-state index contributed by atoms with van der Waals surface area (Å²) in [6, 6.07) is 1.93. The SMILES string of the molecule is CNCc1cc(F)c(F)c(F)c1.Cl. The maximum atomic E-state index is 12.5. The third-order valence-corrected chi connectivity index (χ3v) is 1.42. The molecule has 5 heteroatoms. The Kier molecular flexibility index (Phi) is 4.80. The van der Waals surface area contributed by atoms with Gasteiger partial charge >= 0.3 is 0 Å². The van der Waals surface area contributed by atoms with Gasteiger partial charge in [0.25, 0.3) is 0 Å². The fourth-order valence-electron chi connectivity index (χ4n) is 0.914. The molecular formula is C8H9ClF3N. The van der Waals surface area contributed by atoms with E-state index in [1.54, 1.807) is 7.05 Å². The highest BCUT2D eigenvalue weighted by atomic mass is 35.5. The average molecular weight is 212 g/mol. The van der Waals surface area contributed by atoms with Gasteiger partial charge in [-0.25, -0.2) is 13.2 Å². The van der Waals surface area contributed by atoms with Gasteiger partial charge in [-0.1, -0.05) is 0 Å². The zero-order valence-electron chi connectivity index (χ0n) is 6.90. The smallest absolute Gasteiger partial charge is 0.194 e. The predicted octanol–water partition coefficient (Wildman–Crippen LogP) is 2.25. The monoisotopic (exact) mass is 211 g/mol. The molecule has 0 fully saturated rings. The van der Waals surface area contributed by atoms with Crippen molar-refractivity contribution in [3.63, 3.8) is 0 Å². The van der Waals surface area contributed by atoms with Crippen LogP contribution < -0.4 is 5.32 Å². The lowest BCUT2D eigenvalue weighted by atomic mass is 10.2. The molecule has 0 saturated carbocycles. The van der Waals surface area contributed by atoms with Crippen molar-refractivity contribution in [1.29, 1.82) is 0 Å². The van der Waals surface area contributed by atoms with Crippen molar-refractivity contribution in [2.24, 2.45) is 0 Å². The molecule has 0 amide bonds. The molecule has 74 valence electrons. The van der Waals surface area contributed by atoms with Gasteiger partial charge in [-0.15, -0.1) is 12.4 Å². The van der Waals surface area contributed by atoms with Gasteiger partial charge in [-0.2, -0.15) is 0 Å². The third-order valence-electron chi connectivity index (χ3n) is 1.42. The molecule has 0 aliphatic carbocycles. The third kappa shape index (κ3) is 2.90. The van der Waals surface area contributed by atoms with Gasteiger partial charge < -0.3 is 5.32 Å². The van der Waals surface area contributed by atoms with Gasteiger partial charge in [0.05, 0.1) is 0 Å². The summed E-state index contributed by atoms with van der Waals surface area (Å²) in [7, 11) is 1.64. The van der Waals surface area contributed by atoms with Crippen LogP contribution in [0.25, 0.3) is 0 Å². The highest BCUT2D eigenvalue weighted by molar-refractivity contribution is 5.85. The predicted molar refractivity (Wildman–Crippen MR) is 46.3 cm³/mol. The van der Waals surface area contributed by atoms with Gasteiger partial charge in [0.2, 0.25) is 0 Å². The van der Waals surface area contributed by atoms with E-state index in [1.807, 2.05) is 0 Å². The second kappa shape index (κ2) is 5.09.